The minimum Gasteiger partial charge on any atom is -0.385 e. The van der Waals surface area contributed by atoms with Gasteiger partial charge < -0.3 is 25.0 Å². The molecule has 2 fully saturated rings. The minimum absolute atomic E-state index is 0.0236. The lowest BCUT2D eigenvalue weighted by Gasteiger charge is -2.38. The van der Waals surface area contributed by atoms with Gasteiger partial charge in [-0.05, 0) is 37.8 Å². The molecule has 2 aliphatic rings. The third-order valence-electron chi connectivity index (χ3n) is 7.29. The molecule has 1 aliphatic heterocycles. The van der Waals surface area contributed by atoms with Gasteiger partial charge in [0.15, 0.2) is 0 Å². The van der Waals surface area contributed by atoms with E-state index in [1.165, 1.54) is 37.7 Å². The summed E-state index contributed by atoms with van der Waals surface area (Å²) in [5.74, 6) is 1.03. The number of rotatable bonds is 12. The van der Waals surface area contributed by atoms with E-state index >= 15 is 0 Å². The van der Waals surface area contributed by atoms with Crippen LogP contribution in [0.3, 0.4) is 0 Å². The lowest BCUT2D eigenvalue weighted by Crippen LogP contribution is -2.54. The first-order valence-electron chi connectivity index (χ1n) is 13.1. The molecule has 1 saturated heterocycles. The third-order valence-corrected chi connectivity index (χ3v) is 7.29. The van der Waals surface area contributed by atoms with E-state index in [-0.39, 0.29) is 24.1 Å². The molecule has 2 N–H and O–H groups in total. The van der Waals surface area contributed by atoms with Crippen molar-refractivity contribution >= 4 is 6.03 Å². The maximum Gasteiger partial charge on any atom is 0.317 e. The Kier molecular flexibility index (Phi) is 11.5. The Morgan fingerprint density at radius 1 is 1.18 bits per heavy atom. The molecule has 3 rings (SSSR count). The highest BCUT2D eigenvalue weighted by Crippen LogP contribution is 2.30. The highest BCUT2D eigenvalue weighted by molar-refractivity contribution is 5.74. The number of carbonyl (C=O) groups is 1. The van der Waals surface area contributed by atoms with Gasteiger partial charge in [-0.15, -0.1) is 0 Å². The van der Waals surface area contributed by atoms with Crippen LogP contribution in [0.25, 0.3) is 0 Å². The number of nitrogens with one attached hydrogen (secondary N) is 2. The molecule has 0 aromatic heterocycles. The fraction of sp³-hybridized carbons (Fsp3) is 0.741. The number of morpholine rings is 1. The van der Waals surface area contributed by atoms with Gasteiger partial charge in [0.25, 0.3) is 0 Å². The lowest BCUT2D eigenvalue weighted by atomic mass is 9.85. The van der Waals surface area contributed by atoms with Crippen LogP contribution in [0.4, 0.5) is 4.79 Å². The summed E-state index contributed by atoms with van der Waals surface area (Å²) in [4.78, 5) is 15.2. The standard InChI is InChI=1S/C27H45N3O3/c1-28-20-24(19-22-11-5-3-6-12-22)29-27(31)30-16-18-33-26(21-30)25(15-9-10-17-32-2)23-13-7-4-8-14-23/h4,7-8,13-14,22,24-26,28H,3,5-6,9-12,15-21H2,1-2H3,(H,29,31)/t24?,25-,26?/m1/s1. The Morgan fingerprint density at radius 2 is 1.97 bits per heavy atom. The van der Waals surface area contributed by atoms with Crippen LogP contribution in [0.2, 0.25) is 0 Å². The number of benzene rings is 1. The summed E-state index contributed by atoms with van der Waals surface area (Å²) in [5, 5.41) is 6.63. The van der Waals surface area contributed by atoms with Crippen LogP contribution in [0.1, 0.15) is 69.3 Å². The van der Waals surface area contributed by atoms with Gasteiger partial charge in [-0.2, -0.15) is 0 Å². The normalized spacial score (nSPS) is 21.5. The smallest absolute Gasteiger partial charge is 0.317 e. The molecule has 6 nitrogen and oxygen atoms in total. The van der Waals surface area contributed by atoms with Gasteiger partial charge in [0.2, 0.25) is 0 Å². The van der Waals surface area contributed by atoms with E-state index in [2.05, 4.69) is 41.0 Å². The SMILES string of the molecule is CNCC(CC1CCCCC1)NC(=O)N1CCOC([C@H](CCCCOC)c2ccccc2)C1. The van der Waals surface area contributed by atoms with Gasteiger partial charge in [0.05, 0.1) is 12.7 Å². The summed E-state index contributed by atoms with van der Waals surface area (Å²) in [5.41, 5.74) is 1.30. The van der Waals surface area contributed by atoms with E-state index < -0.39 is 0 Å². The number of amides is 2. The van der Waals surface area contributed by atoms with Crippen molar-refractivity contribution in [3.8, 4) is 0 Å². The summed E-state index contributed by atoms with van der Waals surface area (Å²) >= 11 is 0. The second kappa shape index (κ2) is 14.6. The van der Waals surface area contributed by atoms with Crippen LogP contribution in [-0.2, 0) is 9.47 Å². The molecule has 2 unspecified atom stereocenters. The summed E-state index contributed by atoms with van der Waals surface area (Å²) in [7, 11) is 3.73. The molecule has 0 bridgehead atoms. The molecule has 6 heteroatoms. The molecule has 0 spiro atoms. The van der Waals surface area contributed by atoms with Crippen molar-refractivity contribution in [3.63, 3.8) is 0 Å². The van der Waals surface area contributed by atoms with Gasteiger partial charge in [-0.3, -0.25) is 0 Å². The first kappa shape index (κ1) is 26.0. The lowest BCUT2D eigenvalue weighted by molar-refractivity contribution is -0.0304. The summed E-state index contributed by atoms with van der Waals surface area (Å²) in [6.45, 7) is 3.50. The quantitative estimate of drug-likeness (QED) is 0.450. The maximum absolute atomic E-state index is 13.2. The van der Waals surface area contributed by atoms with Crippen molar-refractivity contribution in [1.82, 2.24) is 15.5 Å². The van der Waals surface area contributed by atoms with E-state index in [1.807, 2.05) is 11.9 Å². The summed E-state index contributed by atoms with van der Waals surface area (Å²) in [6, 6.07) is 10.9. The molecule has 186 valence electrons. The summed E-state index contributed by atoms with van der Waals surface area (Å²) < 4.78 is 11.5. The van der Waals surface area contributed by atoms with Crippen molar-refractivity contribution in [2.24, 2.45) is 5.92 Å². The zero-order valence-electron chi connectivity index (χ0n) is 20.8. The van der Waals surface area contributed by atoms with E-state index in [0.717, 1.165) is 44.8 Å². The summed E-state index contributed by atoms with van der Waals surface area (Å²) in [6.07, 6.45) is 10.9. The van der Waals surface area contributed by atoms with E-state index in [1.54, 1.807) is 7.11 Å². The number of ether oxygens (including phenoxy) is 2. The van der Waals surface area contributed by atoms with Crippen molar-refractivity contribution < 1.29 is 14.3 Å². The van der Waals surface area contributed by atoms with Crippen LogP contribution >= 0.6 is 0 Å². The molecule has 0 radical (unpaired) electrons. The number of unbranched alkanes of at least 4 members (excludes halogenated alkanes) is 1. The Labute approximate surface area is 200 Å². The molecule has 3 atom stereocenters. The number of urea groups is 1. The number of hydrogen-bond acceptors (Lipinski definition) is 4. The van der Waals surface area contributed by atoms with Crippen molar-refractivity contribution in [2.45, 2.75) is 75.9 Å². The predicted octanol–water partition coefficient (Wildman–Crippen LogP) is 4.56. The van der Waals surface area contributed by atoms with Gasteiger partial charge in [0.1, 0.15) is 0 Å². The number of carbonyl (C=O) groups excluding carboxylic acids is 1. The van der Waals surface area contributed by atoms with Crippen LogP contribution in [-0.4, -0.2) is 70.1 Å². The average Bonchev–Trinajstić information content (AvgIpc) is 2.85. The minimum atomic E-state index is 0.0236. The Morgan fingerprint density at radius 3 is 2.70 bits per heavy atom. The molecule has 1 aromatic rings. The monoisotopic (exact) mass is 459 g/mol. The molecule has 1 aliphatic carbocycles. The number of hydrogen-bond donors (Lipinski definition) is 2. The van der Waals surface area contributed by atoms with Crippen molar-refractivity contribution in [2.75, 3.05) is 47.0 Å². The van der Waals surface area contributed by atoms with E-state index in [4.69, 9.17) is 9.47 Å². The fourth-order valence-electron chi connectivity index (χ4n) is 5.51. The maximum atomic E-state index is 13.2. The van der Waals surface area contributed by atoms with Crippen molar-refractivity contribution in [1.29, 1.82) is 0 Å². The van der Waals surface area contributed by atoms with Crippen LogP contribution in [0.15, 0.2) is 30.3 Å². The molecular weight excluding hydrogens is 414 g/mol. The average molecular weight is 460 g/mol. The Hall–Kier alpha value is -1.63. The number of nitrogens with zero attached hydrogens (tertiary/aromatic N) is 1. The van der Waals surface area contributed by atoms with E-state index in [9.17, 15) is 4.79 Å². The highest BCUT2D eigenvalue weighted by Gasteiger charge is 2.32. The number of likely N-dealkylation sites (N-methyl/N-ethyl adjacent to an activating group) is 1. The molecule has 33 heavy (non-hydrogen) atoms. The molecular formula is C27H45N3O3. The van der Waals surface area contributed by atoms with Gasteiger partial charge in [-0.1, -0.05) is 68.9 Å². The zero-order valence-corrected chi connectivity index (χ0v) is 20.8. The first-order chi connectivity index (χ1) is 16.2. The molecule has 1 saturated carbocycles. The van der Waals surface area contributed by atoms with Crippen LogP contribution in [0.5, 0.6) is 0 Å². The van der Waals surface area contributed by atoms with Gasteiger partial charge in [0, 0.05) is 45.3 Å². The first-order valence-corrected chi connectivity index (χ1v) is 13.1. The second-order valence-corrected chi connectivity index (χ2v) is 9.80. The second-order valence-electron chi connectivity index (χ2n) is 9.80. The Balaban J connectivity index is 1.59. The van der Waals surface area contributed by atoms with Gasteiger partial charge >= 0.3 is 6.03 Å². The van der Waals surface area contributed by atoms with E-state index in [0.29, 0.717) is 19.7 Å². The molecule has 2 amide bonds. The number of methoxy groups -OCH3 is 1. The topological polar surface area (TPSA) is 62.8 Å². The van der Waals surface area contributed by atoms with Gasteiger partial charge in [-0.25, -0.2) is 4.79 Å². The van der Waals surface area contributed by atoms with Crippen LogP contribution in [0, 0.1) is 5.92 Å². The van der Waals surface area contributed by atoms with Crippen LogP contribution < -0.4 is 10.6 Å². The fourth-order valence-corrected chi connectivity index (χ4v) is 5.51. The Bertz CT molecular complexity index is 666. The largest absolute Gasteiger partial charge is 0.385 e. The molecule has 1 aromatic carbocycles. The highest BCUT2D eigenvalue weighted by atomic mass is 16.5. The third kappa shape index (κ3) is 8.58. The van der Waals surface area contributed by atoms with Crippen molar-refractivity contribution in [3.05, 3.63) is 35.9 Å². The predicted molar refractivity (Wildman–Crippen MR) is 134 cm³/mol. The zero-order chi connectivity index (χ0) is 23.3. The molecule has 1 heterocycles.